The number of hydrogen-bond acceptors (Lipinski definition) is 2. The summed E-state index contributed by atoms with van der Waals surface area (Å²) in [5.74, 6) is 0.126. The van der Waals surface area contributed by atoms with Gasteiger partial charge in [0.2, 0.25) is 0 Å². The van der Waals surface area contributed by atoms with Crippen LogP contribution in [0.3, 0.4) is 0 Å². The number of piperidine rings is 1. The monoisotopic (exact) mass is 373 g/mol. The highest BCUT2D eigenvalue weighted by Gasteiger charge is 2.25. The molecule has 2 aliphatic rings. The lowest BCUT2D eigenvalue weighted by Crippen LogP contribution is -2.40. The Bertz CT molecular complexity index is 818. The van der Waals surface area contributed by atoms with E-state index >= 15 is 0 Å². The fraction of sp³-hybridized carbons (Fsp3) is 0.423. The van der Waals surface area contributed by atoms with E-state index in [9.17, 15) is 4.79 Å². The molecule has 0 N–H and O–H groups in total. The van der Waals surface area contributed by atoms with Crippen LogP contribution in [0.4, 0.5) is 0 Å². The lowest BCUT2D eigenvalue weighted by Gasteiger charge is -2.38. The highest BCUT2D eigenvalue weighted by molar-refractivity contribution is 5.94. The average molecular weight is 374 g/mol. The predicted molar refractivity (Wildman–Crippen MR) is 117 cm³/mol. The minimum atomic E-state index is 0.126. The standard InChI is InChI=1S/C26H31NO/c1-20(28)21-12-14-23(15-13-21)26(22-8-4-2-5-9-22)24-16-18-27(19-17-24)25-10-6-3-7-11-25/h2,4-5,8-9,12-15,25H,3,6-7,10-11,16-19H2,1H3. The Kier molecular flexibility index (Phi) is 6.07. The summed E-state index contributed by atoms with van der Waals surface area (Å²) in [5.41, 5.74) is 6.25. The molecule has 146 valence electrons. The SMILES string of the molecule is CC(=O)c1ccc(C(=C2CCN(C3CCCCC3)CC2)c2ccccc2)cc1. The van der Waals surface area contributed by atoms with Crippen LogP contribution in [0, 0.1) is 0 Å². The zero-order valence-electron chi connectivity index (χ0n) is 17.0. The highest BCUT2D eigenvalue weighted by Crippen LogP contribution is 2.34. The van der Waals surface area contributed by atoms with Crippen LogP contribution in [0.1, 0.15) is 73.4 Å². The molecule has 0 bridgehead atoms. The first-order valence-corrected chi connectivity index (χ1v) is 10.9. The van der Waals surface area contributed by atoms with E-state index in [1.807, 2.05) is 12.1 Å². The summed E-state index contributed by atoms with van der Waals surface area (Å²) in [6.07, 6.45) is 9.30. The zero-order chi connectivity index (χ0) is 19.3. The van der Waals surface area contributed by atoms with Gasteiger partial charge >= 0.3 is 0 Å². The molecule has 1 saturated heterocycles. The molecule has 1 heterocycles. The first-order chi connectivity index (χ1) is 13.7. The van der Waals surface area contributed by atoms with Crippen molar-refractivity contribution in [2.24, 2.45) is 0 Å². The number of ketones is 1. The van der Waals surface area contributed by atoms with Gasteiger partial charge in [-0.1, -0.05) is 79.4 Å². The number of carbonyl (C=O) groups excluding carboxylic acids is 1. The molecule has 0 unspecified atom stereocenters. The van der Waals surface area contributed by atoms with Crippen LogP contribution in [0.25, 0.3) is 5.57 Å². The molecular formula is C26H31NO. The largest absolute Gasteiger partial charge is 0.300 e. The van der Waals surface area contributed by atoms with Crippen molar-refractivity contribution in [2.75, 3.05) is 13.1 Å². The molecule has 28 heavy (non-hydrogen) atoms. The van der Waals surface area contributed by atoms with Gasteiger partial charge in [0.05, 0.1) is 0 Å². The van der Waals surface area contributed by atoms with Gasteiger partial charge in [-0.3, -0.25) is 9.69 Å². The normalized spacial score (nSPS) is 18.8. The zero-order valence-corrected chi connectivity index (χ0v) is 17.0. The summed E-state index contributed by atoms with van der Waals surface area (Å²) in [5, 5.41) is 0. The number of carbonyl (C=O) groups is 1. The molecule has 0 amide bonds. The Morgan fingerprint density at radius 2 is 1.36 bits per heavy atom. The number of rotatable bonds is 4. The molecule has 0 radical (unpaired) electrons. The maximum atomic E-state index is 11.7. The Morgan fingerprint density at radius 1 is 0.786 bits per heavy atom. The quantitative estimate of drug-likeness (QED) is 0.602. The third-order valence-electron chi connectivity index (χ3n) is 6.49. The average Bonchev–Trinajstić information content (AvgIpc) is 2.76. The van der Waals surface area contributed by atoms with E-state index in [-0.39, 0.29) is 5.78 Å². The van der Waals surface area contributed by atoms with Crippen LogP contribution in [0.15, 0.2) is 60.2 Å². The van der Waals surface area contributed by atoms with Crippen molar-refractivity contribution < 1.29 is 4.79 Å². The van der Waals surface area contributed by atoms with Gasteiger partial charge in [-0.05, 0) is 49.3 Å². The second kappa shape index (κ2) is 8.87. The predicted octanol–water partition coefficient (Wildman–Crippen LogP) is 6.12. The van der Waals surface area contributed by atoms with Crippen molar-refractivity contribution in [1.29, 1.82) is 0 Å². The molecule has 1 aliphatic heterocycles. The van der Waals surface area contributed by atoms with E-state index in [1.165, 1.54) is 61.9 Å². The molecule has 2 aromatic rings. The first-order valence-electron chi connectivity index (χ1n) is 10.9. The Hall–Kier alpha value is -2.19. The van der Waals surface area contributed by atoms with Gasteiger partial charge < -0.3 is 0 Å². The Balaban J connectivity index is 1.61. The van der Waals surface area contributed by atoms with E-state index in [1.54, 1.807) is 12.5 Å². The minimum absolute atomic E-state index is 0.126. The van der Waals surface area contributed by atoms with Crippen molar-refractivity contribution in [3.63, 3.8) is 0 Å². The molecular weight excluding hydrogens is 342 g/mol. The third kappa shape index (κ3) is 4.28. The van der Waals surface area contributed by atoms with E-state index < -0.39 is 0 Å². The second-order valence-electron chi connectivity index (χ2n) is 8.31. The van der Waals surface area contributed by atoms with Crippen molar-refractivity contribution in [3.8, 4) is 0 Å². The van der Waals surface area contributed by atoms with E-state index in [0.717, 1.165) is 24.4 Å². The fourth-order valence-electron chi connectivity index (χ4n) is 4.91. The summed E-state index contributed by atoms with van der Waals surface area (Å²) in [4.78, 5) is 14.4. The van der Waals surface area contributed by atoms with Gasteiger partial charge in [-0.15, -0.1) is 0 Å². The number of likely N-dealkylation sites (tertiary alicyclic amines) is 1. The summed E-state index contributed by atoms with van der Waals surface area (Å²) in [6.45, 7) is 4.00. The van der Waals surface area contributed by atoms with Crippen molar-refractivity contribution in [2.45, 2.75) is 57.9 Å². The third-order valence-corrected chi connectivity index (χ3v) is 6.49. The molecule has 0 aromatic heterocycles. The van der Waals surface area contributed by atoms with Crippen molar-refractivity contribution >= 4 is 11.4 Å². The van der Waals surface area contributed by atoms with Gasteiger partial charge in [-0.25, -0.2) is 0 Å². The van der Waals surface area contributed by atoms with Crippen LogP contribution < -0.4 is 0 Å². The summed E-state index contributed by atoms with van der Waals surface area (Å²) in [7, 11) is 0. The lowest BCUT2D eigenvalue weighted by molar-refractivity contribution is 0.101. The fourth-order valence-corrected chi connectivity index (χ4v) is 4.91. The summed E-state index contributed by atoms with van der Waals surface area (Å²) in [6, 6.07) is 19.8. The maximum Gasteiger partial charge on any atom is 0.159 e. The highest BCUT2D eigenvalue weighted by atomic mass is 16.1. The van der Waals surface area contributed by atoms with Gasteiger partial charge in [0, 0.05) is 24.7 Å². The van der Waals surface area contributed by atoms with E-state index in [4.69, 9.17) is 0 Å². The molecule has 2 fully saturated rings. The van der Waals surface area contributed by atoms with Crippen molar-refractivity contribution in [3.05, 3.63) is 76.9 Å². The van der Waals surface area contributed by atoms with Crippen LogP contribution >= 0.6 is 0 Å². The minimum Gasteiger partial charge on any atom is -0.300 e. The van der Waals surface area contributed by atoms with Crippen LogP contribution in [0.5, 0.6) is 0 Å². The molecule has 1 saturated carbocycles. The van der Waals surface area contributed by atoms with Crippen LogP contribution in [0.2, 0.25) is 0 Å². The molecule has 1 aliphatic carbocycles. The van der Waals surface area contributed by atoms with Gasteiger partial charge in [0.15, 0.2) is 5.78 Å². The van der Waals surface area contributed by atoms with E-state index in [0.29, 0.717) is 0 Å². The summed E-state index contributed by atoms with van der Waals surface area (Å²) >= 11 is 0. The van der Waals surface area contributed by atoms with Crippen molar-refractivity contribution in [1.82, 2.24) is 4.90 Å². The molecule has 2 aromatic carbocycles. The van der Waals surface area contributed by atoms with Gasteiger partial charge in [0.1, 0.15) is 0 Å². The first kappa shape index (κ1) is 19.1. The second-order valence-corrected chi connectivity index (χ2v) is 8.31. The molecule has 0 atom stereocenters. The van der Waals surface area contributed by atoms with Crippen LogP contribution in [-0.2, 0) is 0 Å². The van der Waals surface area contributed by atoms with Gasteiger partial charge in [0.25, 0.3) is 0 Å². The smallest absolute Gasteiger partial charge is 0.159 e. The molecule has 2 heteroatoms. The lowest BCUT2D eigenvalue weighted by atomic mass is 9.86. The molecule has 4 rings (SSSR count). The molecule has 2 nitrogen and oxygen atoms in total. The molecule has 0 spiro atoms. The van der Waals surface area contributed by atoms with Crippen LogP contribution in [-0.4, -0.2) is 29.8 Å². The number of benzene rings is 2. The van der Waals surface area contributed by atoms with Gasteiger partial charge in [-0.2, -0.15) is 0 Å². The Labute approximate surface area is 169 Å². The number of Topliss-reactive ketones (excluding diaryl/α,β-unsaturated/α-hetero) is 1. The summed E-state index contributed by atoms with van der Waals surface area (Å²) < 4.78 is 0. The van der Waals surface area contributed by atoms with E-state index in [2.05, 4.69) is 47.4 Å². The topological polar surface area (TPSA) is 20.3 Å². The Morgan fingerprint density at radius 3 is 1.96 bits per heavy atom. The number of hydrogen-bond donors (Lipinski definition) is 0. The maximum absolute atomic E-state index is 11.7. The number of nitrogens with zero attached hydrogens (tertiary/aromatic N) is 1.